The Labute approximate surface area is 148 Å². The number of carbonyl (C=O) groups is 1. The molecule has 1 N–H and O–H groups in total. The second kappa shape index (κ2) is 6.84. The first-order valence-corrected chi connectivity index (χ1v) is 9.17. The van der Waals surface area contributed by atoms with Crippen LogP contribution in [0.4, 0.5) is 5.69 Å². The van der Waals surface area contributed by atoms with Crippen molar-refractivity contribution in [1.29, 1.82) is 0 Å². The zero-order valence-corrected chi connectivity index (χ0v) is 14.9. The molecule has 0 aliphatic carbocycles. The summed E-state index contributed by atoms with van der Waals surface area (Å²) in [6, 6.07) is 5.49. The molecule has 25 heavy (non-hydrogen) atoms. The SMILES string of the molecule is CC(C)CCN1C[C@H]2C[C@H](C(=O)Nc3ccc4c(c3)OCO4)[C@@H](C1)O2. The summed E-state index contributed by atoms with van der Waals surface area (Å²) >= 11 is 0. The van der Waals surface area contributed by atoms with Crippen molar-refractivity contribution < 1.29 is 19.0 Å². The lowest BCUT2D eigenvalue weighted by molar-refractivity contribution is -0.122. The van der Waals surface area contributed by atoms with Gasteiger partial charge in [-0.15, -0.1) is 0 Å². The molecule has 3 heterocycles. The predicted octanol–water partition coefficient (Wildman–Crippen LogP) is 2.49. The second-order valence-corrected chi connectivity index (χ2v) is 7.64. The Morgan fingerprint density at radius 1 is 1.28 bits per heavy atom. The topological polar surface area (TPSA) is 60.0 Å². The van der Waals surface area contributed by atoms with E-state index in [1.165, 1.54) is 6.42 Å². The number of nitrogens with one attached hydrogen (secondary N) is 1. The van der Waals surface area contributed by atoms with Crippen molar-refractivity contribution in [2.45, 2.75) is 38.9 Å². The number of anilines is 1. The van der Waals surface area contributed by atoms with E-state index < -0.39 is 0 Å². The number of fused-ring (bicyclic) bond motifs is 3. The fourth-order valence-corrected chi connectivity index (χ4v) is 3.85. The van der Waals surface area contributed by atoms with E-state index >= 15 is 0 Å². The zero-order valence-electron chi connectivity index (χ0n) is 14.9. The van der Waals surface area contributed by atoms with Gasteiger partial charge in [0, 0.05) is 24.8 Å². The summed E-state index contributed by atoms with van der Waals surface area (Å²) in [4.78, 5) is 15.2. The molecule has 1 amide bonds. The maximum absolute atomic E-state index is 12.7. The van der Waals surface area contributed by atoms with Gasteiger partial charge in [-0.2, -0.15) is 0 Å². The molecule has 0 spiro atoms. The fourth-order valence-electron chi connectivity index (χ4n) is 3.85. The zero-order chi connectivity index (χ0) is 17.4. The average Bonchev–Trinajstić information content (AvgIpc) is 3.16. The molecule has 6 nitrogen and oxygen atoms in total. The van der Waals surface area contributed by atoms with Crippen LogP contribution in [-0.4, -0.2) is 49.4 Å². The quantitative estimate of drug-likeness (QED) is 0.888. The normalized spacial score (nSPS) is 27.7. The van der Waals surface area contributed by atoms with Gasteiger partial charge in [-0.05, 0) is 37.4 Å². The minimum absolute atomic E-state index is 0.0000715. The molecular formula is C19H26N2O4. The minimum Gasteiger partial charge on any atom is -0.454 e. The van der Waals surface area contributed by atoms with Crippen molar-refractivity contribution in [3.63, 3.8) is 0 Å². The van der Waals surface area contributed by atoms with E-state index in [1.807, 2.05) is 18.2 Å². The first-order valence-electron chi connectivity index (χ1n) is 9.17. The largest absolute Gasteiger partial charge is 0.454 e. The van der Waals surface area contributed by atoms with Crippen LogP contribution in [0, 0.1) is 11.8 Å². The average molecular weight is 346 g/mol. The Hall–Kier alpha value is -1.79. The van der Waals surface area contributed by atoms with E-state index in [4.69, 9.17) is 14.2 Å². The van der Waals surface area contributed by atoms with E-state index in [2.05, 4.69) is 24.1 Å². The lowest BCUT2D eigenvalue weighted by atomic mass is 9.99. The highest BCUT2D eigenvalue weighted by atomic mass is 16.7. The van der Waals surface area contributed by atoms with E-state index in [9.17, 15) is 4.79 Å². The summed E-state index contributed by atoms with van der Waals surface area (Å²) in [5.41, 5.74) is 0.743. The van der Waals surface area contributed by atoms with Crippen molar-refractivity contribution in [2.75, 3.05) is 31.7 Å². The Bertz CT molecular complexity index is 648. The molecule has 0 saturated carbocycles. The van der Waals surface area contributed by atoms with E-state index in [1.54, 1.807) is 0 Å². The third-order valence-corrected chi connectivity index (χ3v) is 5.23. The van der Waals surface area contributed by atoms with Gasteiger partial charge in [0.15, 0.2) is 11.5 Å². The minimum atomic E-state index is -0.0838. The van der Waals surface area contributed by atoms with Crippen molar-refractivity contribution in [3.05, 3.63) is 18.2 Å². The monoisotopic (exact) mass is 346 g/mol. The van der Waals surface area contributed by atoms with Gasteiger partial charge in [-0.25, -0.2) is 0 Å². The van der Waals surface area contributed by atoms with Crippen LogP contribution in [0.5, 0.6) is 11.5 Å². The highest BCUT2D eigenvalue weighted by Gasteiger charge is 2.44. The van der Waals surface area contributed by atoms with Crippen LogP contribution in [0.25, 0.3) is 0 Å². The highest BCUT2D eigenvalue weighted by Crippen LogP contribution is 2.36. The van der Waals surface area contributed by atoms with Gasteiger partial charge >= 0.3 is 0 Å². The van der Waals surface area contributed by atoms with Gasteiger partial charge in [0.25, 0.3) is 0 Å². The van der Waals surface area contributed by atoms with E-state index in [0.717, 1.165) is 37.5 Å². The lowest BCUT2D eigenvalue weighted by Crippen LogP contribution is -2.45. The molecule has 2 saturated heterocycles. The number of amides is 1. The van der Waals surface area contributed by atoms with E-state index in [0.29, 0.717) is 11.7 Å². The Balaban J connectivity index is 1.37. The Morgan fingerprint density at radius 2 is 2.12 bits per heavy atom. The molecule has 136 valence electrons. The van der Waals surface area contributed by atoms with Crippen LogP contribution in [0.1, 0.15) is 26.7 Å². The molecular weight excluding hydrogens is 320 g/mol. The standard InChI is InChI=1S/C19H26N2O4/c1-12(2)5-6-21-9-14-8-15(18(10-21)25-14)19(22)20-13-3-4-16-17(7-13)24-11-23-16/h3-4,7,12,14-15,18H,5-6,8-11H2,1-2H3,(H,20,22)/t14-,15+,18-/m1/s1. The summed E-state index contributed by atoms with van der Waals surface area (Å²) in [6.45, 7) is 7.61. The fraction of sp³-hybridized carbons (Fsp3) is 0.632. The number of hydrogen-bond donors (Lipinski definition) is 1. The second-order valence-electron chi connectivity index (χ2n) is 7.64. The Kier molecular flexibility index (Phi) is 4.56. The van der Waals surface area contributed by atoms with Gasteiger partial charge < -0.3 is 19.5 Å². The molecule has 0 radical (unpaired) electrons. The first-order chi connectivity index (χ1) is 12.1. The third-order valence-electron chi connectivity index (χ3n) is 5.23. The molecule has 3 aliphatic heterocycles. The molecule has 2 fully saturated rings. The van der Waals surface area contributed by atoms with Crippen molar-refractivity contribution >= 4 is 11.6 Å². The van der Waals surface area contributed by atoms with Gasteiger partial charge in [-0.1, -0.05) is 13.8 Å². The molecule has 0 unspecified atom stereocenters. The van der Waals surface area contributed by atoms with Crippen molar-refractivity contribution in [2.24, 2.45) is 11.8 Å². The maximum Gasteiger partial charge on any atom is 0.231 e. The molecule has 3 aliphatic rings. The third kappa shape index (κ3) is 3.60. The molecule has 1 aromatic rings. The number of ether oxygens (including phenoxy) is 3. The van der Waals surface area contributed by atoms with Crippen LogP contribution in [0.15, 0.2) is 18.2 Å². The molecule has 2 bridgehead atoms. The number of morpholine rings is 1. The number of nitrogens with zero attached hydrogens (tertiary/aromatic N) is 1. The van der Waals surface area contributed by atoms with Crippen LogP contribution in [0.2, 0.25) is 0 Å². The highest BCUT2D eigenvalue weighted by molar-refractivity contribution is 5.93. The predicted molar refractivity (Wildman–Crippen MR) is 93.9 cm³/mol. The molecule has 4 rings (SSSR count). The van der Waals surface area contributed by atoms with Crippen LogP contribution in [-0.2, 0) is 9.53 Å². The van der Waals surface area contributed by atoms with E-state index in [-0.39, 0.29) is 30.8 Å². The van der Waals surface area contributed by atoms with Gasteiger partial charge in [0.2, 0.25) is 12.7 Å². The van der Waals surface area contributed by atoms with Crippen LogP contribution >= 0.6 is 0 Å². The number of rotatable bonds is 5. The smallest absolute Gasteiger partial charge is 0.231 e. The molecule has 6 heteroatoms. The summed E-state index contributed by atoms with van der Waals surface area (Å²) in [7, 11) is 0. The molecule has 0 aromatic heterocycles. The van der Waals surface area contributed by atoms with Gasteiger partial charge in [0.1, 0.15) is 0 Å². The first kappa shape index (κ1) is 16.7. The summed E-state index contributed by atoms with van der Waals surface area (Å²) in [5, 5.41) is 3.02. The van der Waals surface area contributed by atoms with Crippen molar-refractivity contribution in [3.8, 4) is 11.5 Å². The molecule has 1 aromatic carbocycles. The van der Waals surface area contributed by atoms with Crippen molar-refractivity contribution in [1.82, 2.24) is 4.90 Å². The van der Waals surface area contributed by atoms with Crippen LogP contribution in [0.3, 0.4) is 0 Å². The summed E-state index contributed by atoms with van der Waals surface area (Å²) in [5.74, 6) is 2.06. The summed E-state index contributed by atoms with van der Waals surface area (Å²) < 4.78 is 16.7. The van der Waals surface area contributed by atoms with Crippen LogP contribution < -0.4 is 14.8 Å². The number of hydrogen-bond acceptors (Lipinski definition) is 5. The number of benzene rings is 1. The lowest BCUT2D eigenvalue weighted by Gasteiger charge is -2.33. The Morgan fingerprint density at radius 3 is 2.96 bits per heavy atom. The number of likely N-dealkylation sites (tertiary alicyclic amines) is 1. The van der Waals surface area contributed by atoms with Gasteiger partial charge in [-0.3, -0.25) is 9.69 Å². The maximum atomic E-state index is 12.7. The molecule has 3 atom stereocenters. The number of carbonyl (C=O) groups excluding carboxylic acids is 1. The van der Waals surface area contributed by atoms with Gasteiger partial charge in [0.05, 0.1) is 18.1 Å². The summed E-state index contributed by atoms with van der Waals surface area (Å²) in [6.07, 6.45) is 2.17.